The lowest BCUT2D eigenvalue weighted by Gasteiger charge is -2.18. The highest BCUT2D eigenvalue weighted by molar-refractivity contribution is 5.26. The summed E-state index contributed by atoms with van der Waals surface area (Å²) in [5.41, 5.74) is 0.824. The minimum absolute atomic E-state index is 0.152. The number of aromatic nitrogens is 1. The Hall–Kier alpha value is -1.13. The van der Waals surface area contributed by atoms with Crippen molar-refractivity contribution in [3.05, 3.63) is 24.0 Å². The Morgan fingerprint density at radius 2 is 2.50 bits per heavy atom. The van der Waals surface area contributed by atoms with Crippen LogP contribution in [0.4, 0.5) is 0 Å². The van der Waals surface area contributed by atoms with Crippen LogP contribution in [0.2, 0.25) is 0 Å². The number of aliphatic hydroxyl groups is 1. The first-order valence-electron chi connectivity index (χ1n) is 5.80. The summed E-state index contributed by atoms with van der Waals surface area (Å²) in [5.74, 6) is 0.719. The van der Waals surface area contributed by atoms with Gasteiger partial charge in [-0.15, -0.1) is 0 Å². The van der Waals surface area contributed by atoms with Crippen LogP contribution in [0.25, 0.3) is 0 Å². The zero-order chi connectivity index (χ0) is 11.4. The van der Waals surface area contributed by atoms with Crippen LogP contribution in [0.3, 0.4) is 0 Å². The highest BCUT2D eigenvalue weighted by Crippen LogP contribution is 2.24. The standard InChI is InChI=1S/C12H18N2O2/c1-2-16-10-6-9(7-13-8-10)12(15)11-4-3-5-14-11/h6-8,11-12,14-15H,2-5H2,1H3. The van der Waals surface area contributed by atoms with Gasteiger partial charge >= 0.3 is 0 Å². The average molecular weight is 222 g/mol. The summed E-state index contributed by atoms with van der Waals surface area (Å²) in [5, 5.41) is 13.4. The van der Waals surface area contributed by atoms with E-state index in [9.17, 15) is 5.11 Å². The fourth-order valence-corrected chi connectivity index (χ4v) is 2.06. The number of ether oxygens (including phenoxy) is 1. The number of nitrogens with zero attached hydrogens (tertiary/aromatic N) is 1. The second kappa shape index (κ2) is 5.27. The van der Waals surface area contributed by atoms with Crippen LogP contribution in [0.5, 0.6) is 5.75 Å². The molecule has 1 aromatic heterocycles. The van der Waals surface area contributed by atoms with Gasteiger partial charge in [-0.05, 0) is 32.4 Å². The lowest BCUT2D eigenvalue weighted by Crippen LogP contribution is -2.28. The van der Waals surface area contributed by atoms with E-state index in [-0.39, 0.29) is 6.04 Å². The predicted octanol–water partition coefficient (Wildman–Crippen LogP) is 1.27. The molecule has 0 radical (unpaired) electrons. The number of pyridine rings is 1. The predicted molar refractivity (Wildman–Crippen MR) is 61.4 cm³/mol. The molecule has 2 heterocycles. The van der Waals surface area contributed by atoms with E-state index >= 15 is 0 Å². The Bertz CT molecular complexity index is 338. The van der Waals surface area contributed by atoms with Gasteiger partial charge in [-0.25, -0.2) is 0 Å². The largest absolute Gasteiger partial charge is 0.492 e. The maximum absolute atomic E-state index is 10.2. The van der Waals surface area contributed by atoms with Crippen molar-refractivity contribution >= 4 is 0 Å². The molecule has 16 heavy (non-hydrogen) atoms. The van der Waals surface area contributed by atoms with E-state index in [4.69, 9.17) is 4.74 Å². The van der Waals surface area contributed by atoms with E-state index in [1.54, 1.807) is 12.4 Å². The molecule has 1 saturated heterocycles. The summed E-state index contributed by atoms with van der Waals surface area (Å²) >= 11 is 0. The van der Waals surface area contributed by atoms with Crippen LogP contribution in [-0.4, -0.2) is 29.3 Å². The van der Waals surface area contributed by atoms with Crippen LogP contribution < -0.4 is 10.1 Å². The van der Waals surface area contributed by atoms with Crippen molar-refractivity contribution in [3.63, 3.8) is 0 Å². The number of hydrogen-bond acceptors (Lipinski definition) is 4. The van der Waals surface area contributed by atoms with Gasteiger partial charge in [0.15, 0.2) is 0 Å². The van der Waals surface area contributed by atoms with Gasteiger partial charge < -0.3 is 15.2 Å². The first-order chi connectivity index (χ1) is 7.81. The average Bonchev–Trinajstić information content (AvgIpc) is 2.82. The van der Waals surface area contributed by atoms with Crippen molar-refractivity contribution in [1.29, 1.82) is 0 Å². The van der Waals surface area contributed by atoms with Gasteiger partial charge in [0.05, 0.1) is 18.9 Å². The van der Waals surface area contributed by atoms with Crippen molar-refractivity contribution in [2.45, 2.75) is 31.9 Å². The summed E-state index contributed by atoms with van der Waals surface area (Å²) < 4.78 is 5.37. The van der Waals surface area contributed by atoms with Gasteiger partial charge in [0, 0.05) is 17.8 Å². The summed E-state index contributed by atoms with van der Waals surface area (Å²) in [6, 6.07) is 2.01. The van der Waals surface area contributed by atoms with Crippen molar-refractivity contribution in [2.75, 3.05) is 13.2 Å². The van der Waals surface area contributed by atoms with Crippen LogP contribution in [0.1, 0.15) is 31.4 Å². The SMILES string of the molecule is CCOc1cncc(C(O)C2CCCN2)c1. The molecule has 88 valence electrons. The van der Waals surface area contributed by atoms with Crippen molar-refractivity contribution in [3.8, 4) is 5.75 Å². The second-order valence-corrected chi connectivity index (χ2v) is 4.03. The number of hydrogen-bond donors (Lipinski definition) is 2. The van der Waals surface area contributed by atoms with E-state index in [2.05, 4.69) is 10.3 Å². The van der Waals surface area contributed by atoms with Crippen molar-refractivity contribution < 1.29 is 9.84 Å². The van der Waals surface area contributed by atoms with E-state index in [0.29, 0.717) is 6.61 Å². The Kier molecular flexibility index (Phi) is 3.74. The smallest absolute Gasteiger partial charge is 0.137 e. The number of nitrogens with one attached hydrogen (secondary N) is 1. The Labute approximate surface area is 95.7 Å². The summed E-state index contributed by atoms with van der Waals surface area (Å²) in [4.78, 5) is 4.08. The number of rotatable bonds is 4. The minimum Gasteiger partial charge on any atom is -0.492 e. The van der Waals surface area contributed by atoms with Gasteiger partial charge in [-0.1, -0.05) is 0 Å². The van der Waals surface area contributed by atoms with Crippen LogP contribution in [0.15, 0.2) is 18.5 Å². The first-order valence-corrected chi connectivity index (χ1v) is 5.80. The topological polar surface area (TPSA) is 54.4 Å². The molecule has 0 spiro atoms. The van der Waals surface area contributed by atoms with Crippen LogP contribution in [-0.2, 0) is 0 Å². The Morgan fingerprint density at radius 1 is 1.62 bits per heavy atom. The molecule has 0 bridgehead atoms. The van der Waals surface area contributed by atoms with Crippen LogP contribution in [0, 0.1) is 0 Å². The van der Waals surface area contributed by atoms with Gasteiger partial charge in [-0.3, -0.25) is 4.98 Å². The monoisotopic (exact) mass is 222 g/mol. The molecule has 2 N–H and O–H groups in total. The molecule has 0 amide bonds. The molecule has 1 aromatic rings. The van der Waals surface area contributed by atoms with E-state index in [1.807, 2.05) is 13.0 Å². The van der Waals surface area contributed by atoms with E-state index in [1.165, 1.54) is 0 Å². The maximum atomic E-state index is 10.2. The molecule has 1 fully saturated rings. The molecule has 0 aromatic carbocycles. The third-order valence-electron chi connectivity index (χ3n) is 2.87. The maximum Gasteiger partial charge on any atom is 0.137 e. The molecule has 0 aliphatic carbocycles. The molecule has 2 unspecified atom stereocenters. The van der Waals surface area contributed by atoms with E-state index in [0.717, 1.165) is 30.7 Å². The summed E-state index contributed by atoms with van der Waals surface area (Å²) in [6.07, 6.45) is 5.02. The van der Waals surface area contributed by atoms with Gasteiger partial charge in [0.25, 0.3) is 0 Å². The zero-order valence-corrected chi connectivity index (χ0v) is 9.52. The Balaban J connectivity index is 2.09. The minimum atomic E-state index is -0.490. The highest BCUT2D eigenvalue weighted by Gasteiger charge is 2.24. The summed E-state index contributed by atoms with van der Waals surface area (Å²) in [7, 11) is 0. The fourth-order valence-electron chi connectivity index (χ4n) is 2.06. The van der Waals surface area contributed by atoms with Crippen molar-refractivity contribution in [2.24, 2.45) is 0 Å². The molecule has 0 saturated carbocycles. The first kappa shape index (κ1) is 11.4. The molecule has 2 atom stereocenters. The Morgan fingerprint density at radius 3 is 3.19 bits per heavy atom. The summed E-state index contributed by atoms with van der Waals surface area (Å²) in [6.45, 7) is 3.53. The normalized spacial score (nSPS) is 22.0. The molecule has 4 nitrogen and oxygen atoms in total. The molecule has 1 aliphatic rings. The third kappa shape index (κ3) is 2.51. The molecule has 2 rings (SSSR count). The van der Waals surface area contributed by atoms with Gasteiger partial charge in [0.1, 0.15) is 5.75 Å². The zero-order valence-electron chi connectivity index (χ0n) is 9.52. The van der Waals surface area contributed by atoms with E-state index < -0.39 is 6.10 Å². The highest BCUT2D eigenvalue weighted by atomic mass is 16.5. The lowest BCUT2D eigenvalue weighted by atomic mass is 10.0. The quantitative estimate of drug-likeness (QED) is 0.805. The molecular formula is C12H18N2O2. The molecular weight excluding hydrogens is 204 g/mol. The van der Waals surface area contributed by atoms with Crippen molar-refractivity contribution in [1.82, 2.24) is 10.3 Å². The number of aliphatic hydroxyl groups excluding tert-OH is 1. The lowest BCUT2D eigenvalue weighted by molar-refractivity contribution is 0.136. The van der Waals surface area contributed by atoms with Crippen LogP contribution >= 0.6 is 0 Å². The van der Waals surface area contributed by atoms with Gasteiger partial charge in [0.2, 0.25) is 0 Å². The fraction of sp³-hybridized carbons (Fsp3) is 0.583. The molecule has 1 aliphatic heterocycles. The van der Waals surface area contributed by atoms with Gasteiger partial charge in [-0.2, -0.15) is 0 Å². The third-order valence-corrected chi connectivity index (χ3v) is 2.87. The second-order valence-electron chi connectivity index (χ2n) is 4.03. The molecule has 4 heteroatoms.